The van der Waals surface area contributed by atoms with Gasteiger partial charge in [-0.2, -0.15) is 5.26 Å². The van der Waals surface area contributed by atoms with Crippen LogP contribution in [0.1, 0.15) is 22.7 Å². The summed E-state index contributed by atoms with van der Waals surface area (Å²) in [5.41, 5.74) is 3.40. The molecular formula is C17H15FN2O. The van der Waals surface area contributed by atoms with Crippen LogP contribution in [0.5, 0.6) is 5.75 Å². The summed E-state index contributed by atoms with van der Waals surface area (Å²) >= 11 is 0. The van der Waals surface area contributed by atoms with E-state index in [1.165, 1.54) is 12.1 Å². The number of ether oxygens (including phenoxy) is 1. The van der Waals surface area contributed by atoms with Gasteiger partial charge in [-0.05, 0) is 53.9 Å². The number of aryl methyl sites for hydroxylation is 1. The average molecular weight is 282 g/mol. The number of halogens is 1. The highest BCUT2D eigenvalue weighted by Crippen LogP contribution is 2.29. The van der Waals surface area contributed by atoms with Crippen LogP contribution < -0.4 is 10.1 Å². The van der Waals surface area contributed by atoms with E-state index >= 15 is 0 Å². The Morgan fingerprint density at radius 1 is 1.29 bits per heavy atom. The van der Waals surface area contributed by atoms with Gasteiger partial charge in [0.1, 0.15) is 17.6 Å². The molecule has 21 heavy (non-hydrogen) atoms. The quantitative estimate of drug-likeness (QED) is 0.932. The van der Waals surface area contributed by atoms with E-state index in [2.05, 4.69) is 11.4 Å². The van der Waals surface area contributed by atoms with Crippen molar-refractivity contribution in [3.05, 3.63) is 58.9 Å². The molecule has 0 amide bonds. The molecule has 1 aliphatic rings. The predicted molar refractivity (Wildman–Crippen MR) is 78.8 cm³/mol. The SMILES string of the molecule is Cc1cc(F)cc(NC(C#N)c2ccc3c(c2)CCO3)c1. The zero-order chi connectivity index (χ0) is 14.8. The number of benzene rings is 2. The molecule has 3 nitrogen and oxygen atoms in total. The van der Waals surface area contributed by atoms with Crippen LogP contribution in [0.25, 0.3) is 0 Å². The van der Waals surface area contributed by atoms with Gasteiger partial charge in [0.15, 0.2) is 0 Å². The number of nitrogens with one attached hydrogen (secondary N) is 1. The lowest BCUT2D eigenvalue weighted by Crippen LogP contribution is -2.09. The number of rotatable bonds is 3. The molecule has 0 radical (unpaired) electrons. The number of nitriles is 1. The highest BCUT2D eigenvalue weighted by atomic mass is 19.1. The van der Waals surface area contributed by atoms with Crippen LogP contribution in [0.3, 0.4) is 0 Å². The minimum atomic E-state index is -0.517. The molecule has 0 saturated carbocycles. The minimum Gasteiger partial charge on any atom is -0.493 e. The van der Waals surface area contributed by atoms with E-state index in [-0.39, 0.29) is 5.82 Å². The van der Waals surface area contributed by atoms with E-state index in [0.29, 0.717) is 12.3 Å². The van der Waals surface area contributed by atoms with E-state index in [9.17, 15) is 9.65 Å². The van der Waals surface area contributed by atoms with Gasteiger partial charge >= 0.3 is 0 Å². The fourth-order valence-electron chi connectivity index (χ4n) is 2.56. The monoisotopic (exact) mass is 282 g/mol. The van der Waals surface area contributed by atoms with Crippen molar-refractivity contribution in [3.8, 4) is 11.8 Å². The Bertz CT molecular complexity index is 701. The summed E-state index contributed by atoms with van der Waals surface area (Å²) in [6.45, 7) is 2.51. The summed E-state index contributed by atoms with van der Waals surface area (Å²) in [5.74, 6) is 0.577. The fourth-order valence-corrected chi connectivity index (χ4v) is 2.56. The standard InChI is InChI=1S/C17H15FN2O/c1-11-6-14(18)9-15(7-11)20-16(10-19)12-2-3-17-13(8-12)4-5-21-17/h2-3,6-9,16,20H,4-5H2,1H3. The molecule has 0 spiro atoms. The van der Waals surface area contributed by atoms with Crippen molar-refractivity contribution >= 4 is 5.69 Å². The molecule has 1 N–H and O–H groups in total. The van der Waals surface area contributed by atoms with Crippen molar-refractivity contribution in [2.75, 3.05) is 11.9 Å². The normalized spacial score (nSPS) is 14.0. The van der Waals surface area contributed by atoms with Crippen LogP contribution >= 0.6 is 0 Å². The zero-order valence-corrected chi connectivity index (χ0v) is 11.7. The largest absolute Gasteiger partial charge is 0.493 e. The Morgan fingerprint density at radius 3 is 2.90 bits per heavy atom. The van der Waals surface area contributed by atoms with E-state index in [4.69, 9.17) is 4.74 Å². The number of nitrogens with zero attached hydrogens (tertiary/aromatic N) is 1. The average Bonchev–Trinajstić information content (AvgIpc) is 2.91. The van der Waals surface area contributed by atoms with Crippen LogP contribution in [0.2, 0.25) is 0 Å². The Hall–Kier alpha value is -2.54. The molecule has 1 heterocycles. The molecule has 2 aromatic rings. The lowest BCUT2D eigenvalue weighted by atomic mass is 10.0. The maximum absolute atomic E-state index is 13.4. The molecule has 2 aromatic carbocycles. The number of hydrogen-bond donors (Lipinski definition) is 1. The van der Waals surface area contributed by atoms with Crippen molar-refractivity contribution in [3.63, 3.8) is 0 Å². The van der Waals surface area contributed by atoms with Crippen molar-refractivity contribution in [1.29, 1.82) is 5.26 Å². The van der Waals surface area contributed by atoms with E-state index in [1.54, 1.807) is 0 Å². The van der Waals surface area contributed by atoms with Crippen molar-refractivity contribution in [2.24, 2.45) is 0 Å². The Labute approximate surface area is 123 Å². The summed E-state index contributed by atoms with van der Waals surface area (Å²) in [6, 6.07) is 12.1. The Morgan fingerprint density at radius 2 is 2.14 bits per heavy atom. The topological polar surface area (TPSA) is 45.0 Å². The summed E-state index contributed by atoms with van der Waals surface area (Å²) in [5, 5.41) is 12.5. The van der Waals surface area contributed by atoms with Crippen LogP contribution in [0.4, 0.5) is 10.1 Å². The Kier molecular flexibility index (Phi) is 3.49. The van der Waals surface area contributed by atoms with E-state index in [1.807, 2.05) is 31.2 Å². The lowest BCUT2D eigenvalue weighted by Gasteiger charge is -2.15. The molecule has 0 bridgehead atoms. The summed E-state index contributed by atoms with van der Waals surface area (Å²) in [4.78, 5) is 0. The van der Waals surface area contributed by atoms with E-state index < -0.39 is 6.04 Å². The molecule has 1 atom stereocenters. The first-order valence-corrected chi connectivity index (χ1v) is 6.85. The van der Waals surface area contributed by atoms with Gasteiger partial charge in [0.2, 0.25) is 0 Å². The molecule has 0 fully saturated rings. The third-order valence-corrected chi connectivity index (χ3v) is 3.53. The number of hydrogen-bond acceptors (Lipinski definition) is 3. The summed E-state index contributed by atoms with van der Waals surface area (Å²) in [7, 11) is 0. The van der Waals surface area contributed by atoms with Gasteiger partial charge in [-0.3, -0.25) is 0 Å². The highest BCUT2D eigenvalue weighted by Gasteiger charge is 2.17. The first-order chi connectivity index (χ1) is 10.2. The summed E-state index contributed by atoms with van der Waals surface area (Å²) in [6.07, 6.45) is 0.862. The maximum Gasteiger partial charge on any atom is 0.140 e. The van der Waals surface area contributed by atoms with Gasteiger partial charge in [0.05, 0.1) is 12.7 Å². The second kappa shape index (κ2) is 5.45. The van der Waals surface area contributed by atoms with E-state index in [0.717, 1.165) is 28.9 Å². The van der Waals surface area contributed by atoms with Gasteiger partial charge in [0.25, 0.3) is 0 Å². The van der Waals surface area contributed by atoms with Crippen LogP contribution in [0, 0.1) is 24.1 Å². The van der Waals surface area contributed by atoms with Gasteiger partial charge in [-0.1, -0.05) is 6.07 Å². The van der Waals surface area contributed by atoms with Gasteiger partial charge in [-0.15, -0.1) is 0 Å². The van der Waals surface area contributed by atoms with Gasteiger partial charge in [0, 0.05) is 12.1 Å². The maximum atomic E-state index is 13.4. The van der Waals surface area contributed by atoms with Gasteiger partial charge in [-0.25, -0.2) is 4.39 Å². The van der Waals surface area contributed by atoms with Crippen LogP contribution in [-0.4, -0.2) is 6.61 Å². The van der Waals surface area contributed by atoms with Crippen molar-refractivity contribution < 1.29 is 9.13 Å². The first-order valence-electron chi connectivity index (χ1n) is 6.85. The second-order valence-corrected chi connectivity index (χ2v) is 5.19. The molecule has 1 unspecified atom stereocenters. The molecule has 0 saturated heterocycles. The highest BCUT2D eigenvalue weighted by molar-refractivity contribution is 5.51. The van der Waals surface area contributed by atoms with Crippen LogP contribution in [0.15, 0.2) is 36.4 Å². The smallest absolute Gasteiger partial charge is 0.140 e. The molecule has 0 aromatic heterocycles. The minimum absolute atomic E-state index is 0.309. The fraction of sp³-hybridized carbons (Fsp3) is 0.235. The van der Waals surface area contributed by atoms with Crippen molar-refractivity contribution in [1.82, 2.24) is 0 Å². The van der Waals surface area contributed by atoms with Gasteiger partial charge < -0.3 is 10.1 Å². The number of fused-ring (bicyclic) bond motifs is 1. The van der Waals surface area contributed by atoms with Crippen molar-refractivity contribution in [2.45, 2.75) is 19.4 Å². The molecule has 3 rings (SSSR count). The summed E-state index contributed by atoms with van der Waals surface area (Å²) < 4.78 is 18.9. The molecule has 1 aliphatic heterocycles. The third kappa shape index (κ3) is 2.82. The van der Waals surface area contributed by atoms with Crippen LogP contribution in [-0.2, 0) is 6.42 Å². The second-order valence-electron chi connectivity index (χ2n) is 5.19. The first kappa shape index (κ1) is 13.4. The Balaban J connectivity index is 1.87. The molecular weight excluding hydrogens is 267 g/mol. The number of anilines is 1. The predicted octanol–water partition coefficient (Wildman–Crippen LogP) is 3.75. The lowest BCUT2D eigenvalue weighted by molar-refractivity contribution is 0.357. The molecule has 106 valence electrons. The third-order valence-electron chi connectivity index (χ3n) is 3.53. The molecule has 0 aliphatic carbocycles. The zero-order valence-electron chi connectivity index (χ0n) is 11.7. The molecule has 4 heteroatoms.